The van der Waals surface area contributed by atoms with Gasteiger partial charge in [-0.3, -0.25) is 0 Å². The topological polar surface area (TPSA) is 33.1 Å². The fourth-order valence-electron chi connectivity index (χ4n) is 0.912. The highest BCUT2D eigenvalue weighted by molar-refractivity contribution is 9.10. The van der Waals surface area contributed by atoms with Gasteiger partial charge in [-0.1, -0.05) is 11.6 Å². The average molecular weight is 251 g/mol. The van der Waals surface area contributed by atoms with Gasteiger partial charge in [-0.05, 0) is 40.4 Å². The van der Waals surface area contributed by atoms with E-state index in [-0.39, 0.29) is 6.61 Å². The molecule has 0 unspecified atom stereocenters. The van der Waals surface area contributed by atoms with Gasteiger partial charge in [0.05, 0.1) is 0 Å². The molecule has 0 saturated heterocycles. The third-order valence-electron chi connectivity index (χ3n) is 1.51. The molecule has 1 N–H and O–H groups in total. The lowest BCUT2D eigenvalue weighted by Gasteiger charge is -2.02. The summed E-state index contributed by atoms with van der Waals surface area (Å²) in [5, 5.41) is 9.12. The molecule has 1 aromatic heterocycles. The molecule has 0 spiro atoms. The van der Waals surface area contributed by atoms with E-state index in [9.17, 15) is 0 Å². The van der Waals surface area contributed by atoms with Crippen LogP contribution in [0.15, 0.2) is 16.7 Å². The van der Waals surface area contributed by atoms with Crippen LogP contribution in [0.1, 0.15) is 12.0 Å². The van der Waals surface area contributed by atoms with Crippen LogP contribution in [-0.2, 0) is 6.42 Å². The zero-order chi connectivity index (χ0) is 8.97. The summed E-state index contributed by atoms with van der Waals surface area (Å²) >= 11 is 9.06. The van der Waals surface area contributed by atoms with Gasteiger partial charge in [-0.15, -0.1) is 0 Å². The van der Waals surface area contributed by atoms with Gasteiger partial charge in [0.2, 0.25) is 0 Å². The van der Waals surface area contributed by atoms with Gasteiger partial charge in [-0.25, -0.2) is 4.98 Å². The summed E-state index contributed by atoms with van der Waals surface area (Å²) in [6, 6.07) is 1.81. The first kappa shape index (κ1) is 9.96. The van der Waals surface area contributed by atoms with E-state index in [1.54, 1.807) is 12.3 Å². The minimum atomic E-state index is 0.201. The van der Waals surface area contributed by atoms with Gasteiger partial charge in [0.25, 0.3) is 0 Å². The zero-order valence-corrected chi connectivity index (χ0v) is 8.77. The Balaban J connectivity index is 2.75. The normalized spacial score (nSPS) is 10.2. The summed E-state index contributed by atoms with van der Waals surface area (Å²) in [5.74, 6) is 0. The van der Waals surface area contributed by atoms with E-state index in [1.165, 1.54) is 0 Å². The number of halogens is 2. The van der Waals surface area contributed by atoms with Crippen LogP contribution in [0, 0.1) is 0 Å². The van der Waals surface area contributed by atoms with E-state index in [0.29, 0.717) is 5.15 Å². The Morgan fingerprint density at radius 2 is 2.33 bits per heavy atom. The van der Waals surface area contributed by atoms with E-state index >= 15 is 0 Å². The lowest BCUT2D eigenvalue weighted by atomic mass is 10.1. The van der Waals surface area contributed by atoms with Gasteiger partial charge in [0.1, 0.15) is 5.15 Å². The molecule has 1 heterocycles. The third kappa shape index (κ3) is 2.73. The first-order chi connectivity index (χ1) is 5.74. The van der Waals surface area contributed by atoms with E-state index in [0.717, 1.165) is 22.9 Å². The lowest BCUT2D eigenvalue weighted by Crippen LogP contribution is -1.91. The molecule has 0 radical (unpaired) electrons. The number of hydrogen-bond donors (Lipinski definition) is 1. The van der Waals surface area contributed by atoms with Crippen LogP contribution in [0.2, 0.25) is 5.15 Å². The molecular formula is C8H9BrClNO. The summed E-state index contributed by atoms with van der Waals surface area (Å²) in [6.45, 7) is 0.201. The Bertz CT molecular complexity index is 267. The highest BCUT2D eigenvalue weighted by Gasteiger charge is 2.00. The summed E-state index contributed by atoms with van der Waals surface area (Å²) in [7, 11) is 0. The number of aliphatic hydroxyl groups excluding tert-OH is 1. The van der Waals surface area contributed by atoms with Crippen molar-refractivity contribution < 1.29 is 5.11 Å². The van der Waals surface area contributed by atoms with Crippen molar-refractivity contribution in [2.24, 2.45) is 0 Å². The summed E-state index contributed by atoms with van der Waals surface area (Å²) in [6.07, 6.45) is 3.24. The maximum atomic E-state index is 8.62. The summed E-state index contributed by atoms with van der Waals surface area (Å²) < 4.78 is 0.945. The van der Waals surface area contributed by atoms with Crippen molar-refractivity contribution in [3.05, 3.63) is 27.5 Å². The van der Waals surface area contributed by atoms with Crippen LogP contribution in [-0.4, -0.2) is 16.7 Å². The fourth-order valence-corrected chi connectivity index (χ4v) is 1.51. The van der Waals surface area contributed by atoms with Crippen molar-refractivity contribution in [3.8, 4) is 0 Å². The molecule has 0 aliphatic carbocycles. The van der Waals surface area contributed by atoms with Crippen molar-refractivity contribution in [2.45, 2.75) is 12.8 Å². The second kappa shape index (κ2) is 4.80. The second-order valence-corrected chi connectivity index (χ2v) is 3.67. The molecule has 4 heteroatoms. The second-order valence-electron chi connectivity index (χ2n) is 2.43. The number of aryl methyl sites for hydroxylation is 1. The monoisotopic (exact) mass is 249 g/mol. The molecule has 0 saturated carbocycles. The predicted molar refractivity (Wildman–Crippen MR) is 52.4 cm³/mol. The van der Waals surface area contributed by atoms with Crippen molar-refractivity contribution in [1.82, 2.24) is 4.98 Å². The molecular weight excluding hydrogens is 241 g/mol. The van der Waals surface area contributed by atoms with Gasteiger partial charge in [0, 0.05) is 17.3 Å². The van der Waals surface area contributed by atoms with Crippen LogP contribution >= 0.6 is 27.5 Å². The van der Waals surface area contributed by atoms with E-state index < -0.39 is 0 Å². The molecule has 0 aliphatic heterocycles. The van der Waals surface area contributed by atoms with Crippen molar-refractivity contribution in [3.63, 3.8) is 0 Å². The number of nitrogens with zero attached hydrogens (tertiary/aromatic N) is 1. The van der Waals surface area contributed by atoms with Crippen LogP contribution in [0.25, 0.3) is 0 Å². The van der Waals surface area contributed by atoms with Crippen LogP contribution in [0.5, 0.6) is 0 Å². The molecule has 2 nitrogen and oxygen atoms in total. The predicted octanol–water partition coefficient (Wildman–Crippen LogP) is 2.42. The maximum absolute atomic E-state index is 8.62. The van der Waals surface area contributed by atoms with Crippen molar-refractivity contribution >= 4 is 27.5 Å². The Morgan fingerprint density at radius 3 is 3.00 bits per heavy atom. The number of aromatic nitrogens is 1. The third-order valence-corrected chi connectivity index (χ3v) is 2.43. The van der Waals surface area contributed by atoms with E-state index in [1.807, 2.05) is 0 Å². The smallest absolute Gasteiger partial charge is 0.129 e. The van der Waals surface area contributed by atoms with Crippen molar-refractivity contribution in [1.29, 1.82) is 0 Å². The Labute approximate surface area is 84.7 Å². The largest absolute Gasteiger partial charge is 0.396 e. The quantitative estimate of drug-likeness (QED) is 0.836. The molecule has 0 atom stereocenters. The average Bonchev–Trinajstić information content (AvgIpc) is 2.07. The van der Waals surface area contributed by atoms with Crippen LogP contribution in [0.3, 0.4) is 0 Å². The Morgan fingerprint density at radius 1 is 1.58 bits per heavy atom. The fraction of sp³-hybridized carbons (Fsp3) is 0.375. The minimum Gasteiger partial charge on any atom is -0.396 e. The Kier molecular flexibility index (Phi) is 3.98. The molecule has 66 valence electrons. The van der Waals surface area contributed by atoms with E-state index in [4.69, 9.17) is 16.7 Å². The first-order valence-corrected chi connectivity index (χ1v) is 4.82. The maximum Gasteiger partial charge on any atom is 0.129 e. The standard InChI is InChI=1S/C8H9BrClNO/c9-7-5-11-8(10)4-6(7)2-1-3-12/h4-5,12H,1-3H2. The molecule has 0 aliphatic rings. The van der Waals surface area contributed by atoms with Gasteiger partial charge in [0.15, 0.2) is 0 Å². The van der Waals surface area contributed by atoms with Crippen LogP contribution in [0.4, 0.5) is 0 Å². The zero-order valence-electron chi connectivity index (χ0n) is 6.43. The molecule has 1 rings (SSSR count). The molecule has 0 aromatic carbocycles. The summed E-state index contributed by atoms with van der Waals surface area (Å²) in [4.78, 5) is 3.90. The van der Waals surface area contributed by atoms with Gasteiger partial charge < -0.3 is 5.11 Å². The number of pyridine rings is 1. The van der Waals surface area contributed by atoms with Gasteiger partial charge in [-0.2, -0.15) is 0 Å². The molecule has 0 fully saturated rings. The molecule has 1 aromatic rings. The number of rotatable bonds is 3. The molecule has 0 bridgehead atoms. The van der Waals surface area contributed by atoms with Crippen molar-refractivity contribution in [2.75, 3.05) is 6.61 Å². The SMILES string of the molecule is OCCCc1cc(Cl)ncc1Br. The highest BCUT2D eigenvalue weighted by atomic mass is 79.9. The number of aliphatic hydroxyl groups is 1. The first-order valence-electron chi connectivity index (χ1n) is 3.65. The summed E-state index contributed by atoms with van der Waals surface area (Å²) in [5.41, 5.74) is 1.09. The highest BCUT2D eigenvalue weighted by Crippen LogP contribution is 2.19. The lowest BCUT2D eigenvalue weighted by molar-refractivity contribution is 0.288. The minimum absolute atomic E-state index is 0.201. The molecule has 0 amide bonds. The molecule has 12 heavy (non-hydrogen) atoms. The Hall–Kier alpha value is -0.120. The van der Waals surface area contributed by atoms with E-state index in [2.05, 4.69) is 20.9 Å². The number of hydrogen-bond acceptors (Lipinski definition) is 2. The van der Waals surface area contributed by atoms with Crippen LogP contribution < -0.4 is 0 Å². The van der Waals surface area contributed by atoms with Gasteiger partial charge >= 0.3 is 0 Å².